The smallest absolute Gasteiger partial charge is 0.231 e. The number of rotatable bonds is 7. The van der Waals surface area contributed by atoms with Crippen LogP contribution >= 0.6 is 0 Å². The molecule has 338 valence electrons. The van der Waals surface area contributed by atoms with E-state index in [0.29, 0.717) is 5.56 Å². The van der Waals surface area contributed by atoms with E-state index in [4.69, 9.17) is 0 Å². The monoisotopic (exact) mass is 943 g/mol. The first kappa shape index (κ1) is 47.3. The Morgan fingerprint density at radius 1 is 0.385 bits per heavy atom. The Balaban J connectivity index is 0.000000289. The minimum Gasteiger partial charge on any atom is -0.507 e. The number of aromatic hydroxyl groups is 1. The Morgan fingerprint density at radius 3 is 0.985 bits per heavy atom. The highest BCUT2D eigenvalue weighted by Crippen LogP contribution is 2.31. The number of pyridine rings is 1. The van der Waals surface area contributed by atoms with Crippen molar-refractivity contribution in [3.63, 3.8) is 0 Å². The summed E-state index contributed by atoms with van der Waals surface area (Å²) < 4.78 is 296. The average molecular weight is 943 g/mol. The third-order valence-corrected chi connectivity index (χ3v) is 9.98. The van der Waals surface area contributed by atoms with Crippen molar-refractivity contribution >= 4 is 44.6 Å². The summed E-state index contributed by atoms with van der Waals surface area (Å²) in [6, 6.07) is 16.6. The number of fused-ring (bicyclic) bond motifs is 1. The van der Waals surface area contributed by atoms with E-state index in [-0.39, 0.29) is 18.1 Å². The van der Waals surface area contributed by atoms with E-state index in [1.165, 1.54) is 6.07 Å². The molecule has 0 saturated carbocycles. The number of Topliss-reactive ketones (excluding diaryl/α,β-unsaturated/α-hetero) is 1. The molecule has 1 heterocycles. The summed E-state index contributed by atoms with van der Waals surface area (Å²) in [7, 11) is 0. The van der Waals surface area contributed by atoms with E-state index in [9.17, 15) is 62.6 Å². The average Bonchev–Trinajstić information content (AvgIpc) is 3.29. The molecule has 7 aromatic rings. The predicted octanol–water partition coefficient (Wildman–Crippen LogP) is 8.56. The zero-order valence-corrected chi connectivity index (χ0v) is 31.0. The van der Waals surface area contributed by atoms with Crippen LogP contribution in [0.15, 0.2) is 67.0 Å². The largest absolute Gasteiger partial charge is 0.507 e. The van der Waals surface area contributed by atoms with Crippen molar-refractivity contribution in [2.75, 3.05) is 0 Å². The predicted molar refractivity (Wildman–Crippen MR) is 186 cm³/mol. The molecular weight excluding hydrogens is 929 g/mol. The maximum atomic E-state index is 15.4. The summed E-state index contributed by atoms with van der Waals surface area (Å²) in [5, 5.41) is 11.9. The van der Waals surface area contributed by atoms with Gasteiger partial charge in [-0.25, -0.2) is 87.8 Å². The molecular formula is C41H14BF20NO2. The fourth-order valence-corrected chi connectivity index (χ4v) is 7.11. The van der Waals surface area contributed by atoms with Gasteiger partial charge in [0.05, 0.1) is 5.56 Å². The molecule has 0 fully saturated rings. The lowest BCUT2D eigenvalue weighted by Gasteiger charge is -2.44. The van der Waals surface area contributed by atoms with Gasteiger partial charge in [-0.2, -0.15) is 4.57 Å². The Morgan fingerprint density at radius 2 is 0.662 bits per heavy atom. The lowest BCUT2D eigenvalue weighted by Crippen LogP contribution is -2.81. The van der Waals surface area contributed by atoms with Crippen molar-refractivity contribution in [2.45, 2.75) is 6.54 Å². The molecule has 24 heteroatoms. The second kappa shape index (κ2) is 17.4. The van der Waals surface area contributed by atoms with Gasteiger partial charge in [0.25, 0.3) is 0 Å². The van der Waals surface area contributed by atoms with Crippen LogP contribution in [0.1, 0.15) is 10.4 Å². The lowest BCUT2D eigenvalue weighted by atomic mass is 9.12. The SMILES string of the molecule is Fc1c(F)c(F)c([B-](c2c(F)c(F)c(F)c(F)c2F)(c2c(F)c(F)c(F)c(F)c2F)c2c(F)c(F)c(F)c(F)c2F)c(F)c1F.O=C(C[n+]1ccc2ccccc2c1)c1ccccc1O. The number of phenolic OH excluding ortho intramolecular Hbond substituents is 1. The number of hydrogen-bond acceptors (Lipinski definition) is 2. The van der Waals surface area contributed by atoms with E-state index in [1.807, 2.05) is 47.3 Å². The number of para-hydroxylation sites is 1. The second-order valence-electron chi connectivity index (χ2n) is 13.5. The molecule has 0 bridgehead atoms. The summed E-state index contributed by atoms with van der Waals surface area (Å²) in [6.07, 6.45) is -3.40. The van der Waals surface area contributed by atoms with Crippen LogP contribution in [0.4, 0.5) is 87.8 Å². The minimum atomic E-state index is -7.22. The van der Waals surface area contributed by atoms with Crippen LogP contribution in [0.2, 0.25) is 0 Å². The molecule has 7 rings (SSSR count). The number of halogens is 20. The van der Waals surface area contributed by atoms with Gasteiger partial charge in [-0.15, -0.1) is 21.9 Å². The third-order valence-electron chi connectivity index (χ3n) is 9.98. The second-order valence-corrected chi connectivity index (χ2v) is 13.5. The van der Waals surface area contributed by atoms with E-state index in [1.54, 1.807) is 18.2 Å². The number of benzene rings is 6. The van der Waals surface area contributed by atoms with Crippen molar-refractivity contribution in [3.05, 3.63) is 189 Å². The van der Waals surface area contributed by atoms with Gasteiger partial charge >= 0.3 is 0 Å². The maximum absolute atomic E-state index is 15.4. The van der Waals surface area contributed by atoms with Crippen molar-refractivity contribution in [1.82, 2.24) is 0 Å². The normalized spacial score (nSPS) is 11.6. The zero-order chi connectivity index (χ0) is 48.3. The quantitative estimate of drug-likeness (QED) is 0.0435. The highest BCUT2D eigenvalue weighted by molar-refractivity contribution is 7.20. The van der Waals surface area contributed by atoms with Crippen LogP contribution in [-0.2, 0) is 6.54 Å². The number of carbonyl (C=O) groups is 1. The number of ketones is 1. The van der Waals surface area contributed by atoms with Gasteiger partial charge in [0.2, 0.25) is 12.3 Å². The number of nitrogens with zero attached hydrogens (tertiary/aromatic N) is 1. The van der Waals surface area contributed by atoms with Crippen LogP contribution in [0, 0.1) is 116 Å². The number of carbonyl (C=O) groups excluding carboxylic acids is 1. The summed E-state index contributed by atoms with van der Waals surface area (Å²) in [6.45, 7) is 0.211. The van der Waals surface area contributed by atoms with Crippen molar-refractivity contribution in [2.24, 2.45) is 0 Å². The van der Waals surface area contributed by atoms with Crippen molar-refractivity contribution in [3.8, 4) is 5.75 Å². The van der Waals surface area contributed by atoms with E-state index in [2.05, 4.69) is 0 Å². The van der Waals surface area contributed by atoms with Gasteiger partial charge in [-0.1, -0.05) is 30.3 Å². The number of aromatic nitrogens is 1. The van der Waals surface area contributed by atoms with Gasteiger partial charge in [0, 0.05) is 11.5 Å². The summed E-state index contributed by atoms with van der Waals surface area (Å²) in [5.41, 5.74) is -14.0. The van der Waals surface area contributed by atoms with Crippen LogP contribution in [0.25, 0.3) is 10.8 Å². The Hall–Kier alpha value is -7.14. The molecule has 6 aromatic carbocycles. The summed E-state index contributed by atoms with van der Waals surface area (Å²) >= 11 is 0. The van der Waals surface area contributed by atoms with E-state index >= 15 is 35.1 Å². The molecule has 0 spiro atoms. The number of hydrogen-bond donors (Lipinski definition) is 1. The molecule has 65 heavy (non-hydrogen) atoms. The van der Waals surface area contributed by atoms with Crippen molar-refractivity contribution in [1.29, 1.82) is 0 Å². The van der Waals surface area contributed by atoms with Gasteiger partial charge in [-0.3, -0.25) is 4.79 Å². The molecule has 0 unspecified atom stereocenters. The molecule has 0 saturated heterocycles. The zero-order valence-electron chi connectivity index (χ0n) is 31.0. The van der Waals surface area contributed by atoms with Gasteiger partial charge < -0.3 is 5.11 Å². The maximum Gasteiger partial charge on any atom is 0.231 e. The molecule has 0 amide bonds. The molecule has 3 nitrogen and oxygen atoms in total. The van der Waals surface area contributed by atoms with Gasteiger partial charge in [0.15, 0.2) is 82.2 Å². The molecule has 0 atom stereocenters. The minimum absolute atomic E-state index is 0.0267. The Bertz CT molecular complexity index is 2750. The van der Waals surface area contributed by atoms with Crippen LogP contribution in [-0.4, -0.2) is 17.0 Å². The first-order valence-corrected chi connectivity index (χ1v) is 17.4. The third kappa shape index (κ3) is 7.42. The first-order valence-electron chi connectivity index (χ1n) is 17.4. The summed E-state index contributed by atoms with van der Waals surface area (Å²) in [4.78, 5) is 12.2. The van der Waals surface area contributed by atoms with Crippen LogP contribution in [0.5, 0.6) is 5.75 Å². The molecule has 1 N–H and O–H groups in total. The van der Waals surface area contributed by atoms with Gasteiger partial charge in [-0.05, 0) is 23.6 Å². The molecule has 1 aromatic heterocycles. The van der Waals surface area contributed by atoms with Crippen LogP contribution in [0.3, 0.4) is 0 Å². The van der Waals surface area contributed by atoms with E-state index < -0.39 is 144 Å². The highest BCUT2D eigenvalue weighted by Gasteiger charge is 2.52. The number of phenols is 1. The van der Waals surface area contributed by atoms with Crippen molar-refractivity contribution < 1.29 is 102 Å². The first-order chi connectivity index (χ1) is 30.4. The summed E-state index contributed by atoms with van der Waals surface area (Å²) in [5.74, 6) is -71.5. The fourth-order valence-electron chi connectivity index (χ4n) is 7.11. The Labute approximate surface area is 347 Å². The molecule has 0 aliphatic rings. The van der Waals surface area contributed by atoms with E-state index in [0.717, 1.165) is 10.8 Å². The molecule has 0 aliphatic heterocycles. The lowest BCUT2D eigenvalue weighted by molar-refractivity contribution is -0.681. The van der Waals surface area contributed by atoms with Gasteiger partial charge in [0.1, 0.15) is 58.4 Å². The fraction of sp³-hybridized carbons (Fsp3) is 0.0244. The van der Waals surface area contributed by atoms with Crippen LogP contribution < -0.4 is 26.4 Å². The topological polar surface area (TPSA) is 41.2 Å². The molecule has 0 aliphatic carbocycles. The standard InChI is InChI=1S/C24BF20.C17H13NO2/c26-5-1(6(27)14(35)21(42)13(5)34)25(2-7(28)15(36)22(43)16(37)8(2)29,3-9(30)17(38)23(44)18(39)10(3)31)4-11(32)19(40)24(45)20(41)12(4)33;19-16-8-4-3-7-15(16)17(20)12-18-10-9-13-5-1-2-6-14(13)11-18/h;1-11H,12H2/q-1;/p+1. The Kier molecular flexibility index (Phi) is 12.7. The molecule has 0 radical (unpaired) electrons. The highest BCUT2D eigenvalue weighted by atomic mass is 19.2.